The third kappa shape index (κ3) is 5.07. The largest absolute Gasteiger partial charge is 0.409 e. The number of oxime groups is 1. The summed E-state index contributed by atoms with van der Waals surface area (Å²) >= 11 is 0. The van der Waals surface area contributed by atoms with Crippen molar-refractivity contribution in [3.63, 3.8) is 0 Å². The standard InChI is InChI=1S/C15H24N4O2/c1-3-19(4-2)14(20)9-10-17-11-12-7-5-6-8-13(12)15(16)18-21/h5-8,17,21H,3-4,9-11H2,1-2H3,(H2,16,18). The molecule has 0 bridgehead atoms. The molecule has 1 aromatic carbocycles. The third-order valence-corrected chi connectivity index (χ3v) is 3.35. The molecule has 0 aliphatic rings. The van der Waals surface area contributed by atoms with Crippen molar-refractivity contribution in [2.45, 2.75) is 26.8 Å². The molecule has 1 aromatic rings. The number of amidine groups is 1. The summed E-state index contributed by atoms with van der Waals surface area (Å²) in [4.78, 5) is 13.7. The Hall–Kier alpha value is -2.08. The number of nitrogens with zero attached hydrogens (tertiary/aromatic N) is 2. The minimum Gasteiger partial charge on any atom is -0.409 e. The Morgan fingerprint density at radius 1 is 1.33 bits per heavy atom. The molecule has 0 spiro atoms. The van der Waals surface area contributed by atoms with E-state index >= 15 is 0 Å². The van der Waals surface area contributed by atoms with Gasteiger partial charge in [0.25, 0.3) is 0 Å². The van der Waals surface area contributed by atoms with Crippen LogP contribution in [0, 0.1) is 0 Å². The number of benzene rings is 1. The second-order valence-electron chi connectivity index (χ2n) is 4.64. The van der Waals surface area contributed by atoms with Crippen LogP contribution in [0.4, 0.5) is 0 Å². The van der Waals surface area contributed by atoms with Crippen molar-refractivity contribution in [1.82, 2.24) is 10.2 Å². The highest BCUT2D eigenvalue weighted by Crippen LogP contribution is 2.08. The fourth-order valence-corrected chi connectivity index (χ4v) is 2.13. The third-order valence-electron chi connectivity index (χ3n) is 3.35. The Labute approximate surface area is 125 Å². The van der Waals surface area contributed by atoms with Crippen molar-refractivity contribution >= 4 is 11.7 Å². The van der Waals surface area contributed by atoms with Crippen molar-refractivity contribution in [2.75, 3.05) is 19.6 Å². The summed E-state index contributed by atoms with van der Waals surface area (Å²) in [5.74, 6) is 0.240. The number of hydrogen-bond donors (Lipinski definition) is 3. The molecule has 0 heterocycles. The molecular formula is C15H24N4O2. The molecule has 1 rings (SSSR count). The van der Waals surface area contributed by atoms with Crippen molar-refractivity contribution in [3.05, 3.63) is 35.4 Å². The molecule has 1 amide bonds. The molecule has 6 heteroatoms. The molecule has 21 heavy (non-hydrogen) atoms. The maximum Gasteiger partial charge on any atom is 0.223 e. The second kappa shape index (κ2) is 8.97. The van der Waals surface area contributed by atoms with Crippen LogP contribution < -0.4 is 11.1 Å². The summed E-state index contributed by atoms with van der Waals surface area (Å²) in [5, 5.41) is 15.0. The zero-order valence-corrected chi connectivity index (χ0v) is 12.7. The van der Waals surface area contributed by atoms with E-state index in [1.165, 1.54) is 0 Å². The first-order chi connectivity index (χ1) is 10.1. The first-order valence-corrected chi connectivity index (χ1v) is 7.18. The maximum atomic E-state index is 11.9. The van der Waals surface area contributed by atoms with Crippen molar-refractivity contribution in [2.24, 2.45) is 10.9 Å². The highest BCUT2D eigenvalue weighted by atomic mass is 16.4. The molecule has 0 atom stereocenters. The molecule has 116 valence electrons. The second-order valence-corrected chi connectivity index (χ2v) is 4.64. The Kier molecular flexibility index (Phi) is 7.25. The molecule has 0 fully saturated rings. The van der Waals surface area contributed by atoms with Gasteiger partial charge in [-0.1, -0.05) is 29.4 Å². The lowest BCUT2D eigenvalue weighted by atomic mass is 10.1. The first-order valence-electron chi connectivity index (χ1n) is 7.18. The highest BCUT2D eigenvalue weighted by Gasteiger charge is 2.09. The van der Waals surface area contributed by atoms with Crippen LogP contribution in [-0.4, -0.2) is 41.5 Å². The number of rotatable bonds is 8. The van der Waals surface area contributed by atoms with Crippen LogP contribution in [0.1, 0.15) is 31.4 Å². The zero-order valence-electron chi connectivity index (χ0n) is 12.7. The molecule has 0 saturated carbocycles. The summed E-state index contributed by atoms with van der Waals surface area (Å²) in [6.07, 6.45) is 0.466. The molecule has 6 nitrogen and oxygen atoms in total. The lowest BCUT2D eigenvalue weighted by Crippen LogP contribution is -2.32. The average molecular weight is 292 g/mol. The molecule has 0 radical (unpaired) electrons. The van der Waals surface area contributed by atoms with Gasteiger partial charge in [-0.3, -0.25) is 4.79 Å². The van der Waals surface area contributed by atoms with Crippen LogP contribution in [0.15, 0.2) is 29.4 Å². The number of nitrogens with two attached hydrogens (primary N) is 1. The molecular weight excluding hydrogens is 268 g/mol. The Morgan fingerprint density at radius 2 is 2.00 bits per heavy atom. The molecule has 0 saturated heterocycles. The average Bonchev–Trinajstić information content (AvgIpc) is 2.52. The first kappa shape index (κ1) is 17.0. The Morgan fingerprint density at radius 3 is 2.62 bits per heavy atom. The van der Waals surface area contributed by atoms with Crippen LogP contribution in [0.5, 0.6) is 0 Å². The summed E-state index contributed by atoms with van der Waals surface area (Å²) in [7, 11) is 0. The Balaban J connectivity index is 2.49. The predicted octanol–water partition coefficient (Wildman–Crippen LogP) is 1.13. The van der Waals surface area contributed by atoms with E-state index in [9.17, 15) is 4.79 Å². The smallest absolute Gasteiger partial charge is 0.223 e. The van der Waals surface area contributed by atoms with Gasteiger partial charge in [-0.25, -0.2) is 0 Å². The van der Waals surface area contributed by atoms with E-state index in [4.69, 9.17) is 10.9 Å². The normalized spacial score (nSPS) is 11.4. The van der Waals surface area contributed by atoms with Gasteiger partial charge in [-0.2, -0.15) is 0 Å². The minimum atomic E-state index is 0.0895. The van der Waals surface area contributed by atoms with E-state index < -0.39 is 0 Å². The van der Waals surface area contributed by atoms with Gasteiger partial charge in [0.1, 0.15) is 0 Å². The van der Waals surface area contributed by atoms with Crippen LogP contribution in [0.3, 0.4) is 0 Å². The number of amides is 1. The quantitative estimate of drug-likeness (QED) is 0.220. The van der Waals surface area contributed by atoms with E-state index in [0.29, 0.717) is 25.1 Å². The van der Waals surface area contributed by atoms with Gasteiger partial charge in [0.05, 0.1) is 0 Å². The van der Waals surface area contributed by atoms with Gasteiger partial charge in [0.15, 0.2) is 5.84 Å². The van der Waals surface area contributed by atoms with E-state index in [2.05, 4.69) is 10.5 Å². The molecule has 0 aliphatic heterocycles. The van der Waals surface area contributed by atoms with E-state index in [0.717, 1.165) is 18.7 Å². The number of carbonyl (C=O) groups is 1. The molecule has 0 unspecified atom stereocenters. The van der Waals surface area contributed by atoms with Gasteiger partial charge >= 0.3 is 0 Å². The summed E-state index contributed by atoms with van der Waals surface area (Å²) in [6.45, 7) is 6.59. The van der Waals surface area contributed by atoms with Gasteiger partial charge < -0.3 is 21.2 Å². The maximum absolute atomic E-state index is 11.9. The lowest BCUT2D eigenvalue weighted by Gasteiger charge is -2.18. The van der Waals surface area contributed by atoms with Crippen molar-refractivity contribution in [3.8, 4) is 0 Å². The van der Waals surface area contributed by atoms with Gasteiger partial charge in [-0.15, -0.1) is 0 Å². The van der Waals surface area contributed by atoms with Crippen LogP contribution in [-0.2, 0) is 11.3 Å². The Bertz CT molecular complexity index is 484. The van der Waals surface area contributed by atoms with Gasteiger partial charge in [-0.05, 0) is 19.4 Å². The zero-order chi connectivity index (χ0) is 15.7. The number of carbonyl (C=O) groups excluding carboxylic acids is 1. The lowest BCUT2D eigenvalue weighted by molar-refractivity contribution is -0.130. The summed E-state index contributed by atoms with van der Waals surface area (Å²) in [5.41, 5.74) is 7.26. The fraction of sp³-hybridized carbons (Fsp3) is 0.467. The summed E-state index contributed by atoms with van der Waals surface area (Å²) in [6, 6.07) is 7.44. The van der Waals surface area contributed by atoms with E-state index in [1.54, 1.807) is 6.07 Å². The fourth-order valence-electron chi connectivity index (χ4n) is 2.13. The number of nitrogens with one attached hydrogen (secondary N) is 1. The molecule has 0 aliphatic carbocycles. The van der Waals surface area contributed by atoms with Gasteiger partial charge in [0, 0.05) is 38.2 Å². The topological polar surface area (TPSA) is 91.0 Å². The van der Waals surface area contributed by atoms with Crippen molar-refractivity contribution in [1.29, 1.82) is 0 Å². The van der Waals surface area contributed by atoms with Crippen LogP contribution >= 0.6 is 0 Å². The SMILES string of the molecule is CCN(CC)C(=O)CCNCc1ccccc1/C(N)=N/O. The van der Waals surface area contributed by atoms with E-state index in [-0.39, 0.29) is 11.7 Å². The van der Waals surface area contributed by atoms with Crippen LogP contribution in [0.25, 0.3) is 0 Å². The summed E-state index contributed by atoms with van der Waals surface area (Å²) < 4.78 is 0. The predicted molar refractivity (Wildman–Crippen MR) is 83.2 cm³/mol. The highest BCUT2D eigenvalue weighted by molar-refractivity contribution is 5.98. The monoisotopic (exact) mass is 292 g/mol. The molecule has 4 N–H and O–H groups in total. The molecule has 0 aromatic heterocycles. The van der Waals surface area contributed by atoms with Gasteiger partial charge in [0.2, 0.25) is 5.91 Å². The van der Waals surface area contributed by atoms with Crippen LogP contribution in [0.2, 0.25) is 0 Å². The number of hydrogen-bond acceptors (Lipinski definition) is 4. The van der Waals surface area contributed by atoms with E-state index in [1.807, 2.05) is 36.9 Å². The van der Waals surface area contributed by atoms with Crippen molar-refractivity contribution < 1.29 is 10.0 Å². The minimum absolute atomic E-state index is 0.0895.